The Bertz CT molecular complexity index is 1970. The topological polar surface area (TPSA) is 126 Å². The number of aliphatic hydroxyl groups excluding tert-OH is 2. The standard InChI is InChI=1S/C32H35N3O6S/c1-32(2,3)42(5,6)41-21-14-20(28(36)29(21)37)35-19-12-11-15(40-4)13-17(19)23-25-24(30(38)34-31(25)39)22-16-9-7-8-10-18(16)33-26(22)27(23)35/h7-13,20-21,28-29,33,36-37H,14H2,1-6H3,(H,34,38,39)/t20?,21-,28?,29+/m0/s1. The molecular weight excluding hydrogens is 554 g/mol. The highest BCUT2D eigenvalue weighted by atomic mass is 32.3. The molecule has 1 saturated carbocycles. The van der Waals surface area contributed by atoms with Crippen LogP contribution in [0.1, 0.15) is 53.9 Å². The number of aromatic amines is 1. The number of carbonyl (C=O) groups excluding carboxylic acids is 2. The lowest BCUT2D eigenvalue weighted by molar-refractivity contribution is -0.0128. The number of nitrogens with one attached hydrogen (secondary N) is 2. The van der Waals surface area contributed by atoms with Crippen LogP contribution in [0.3, 0.4) is 0 Å². The number of carbonyl (C=O) groups is 2. The molecule has 0 spiro atoms. The number of hydrogen-bond donors (Lipinski definition) is 4. The molecule has 0 radical (unpaired) electrons. The first-order valence-electron chi connectivity index (χ1n) is 14.0. The molecule has 5 aromatic rings. The van der Waals surface area contributed by atoms with Crippen LogP contribution in [0.25, 0.3) is 43.6 Å². The second-order valence-corrected chi connectivity index (χ2v) is 16.6. The average molecular weight is 590 g/mol. The van der Waals surface area contributed by atoms with E-state index >= 15 is 0 Å². The molecule has 2 aliphatic rings. The third-order valence-corrected chi connectivity index (χ3v) is 13.0. The molecule has 7 rings (SSSR count). The van der Waals surface area contributed by atoms with Crippen LogP contribution in [-0.2, 0) is 4.18 Å². The van der Waals surface area contributed by atoms with Crippen molar-refractivity contribution in [2.24, 2.45) is 0 Å². The highest BCUT2D eigenvalue weighted by Gasteiger charge is 2.48. The van der Waals surface area contributed by atoms with E-state index in [2.05, 4.69) is 43.6 Å². The fraction of sp³-hybridized carbons (Fsp3) is 0.375. The van der Waals surface area contributed by atoms with Crippen LogP contribution < -0.4 is 10.1 Å². The summed E-state index contributed by atoms with van der Waals surface area (Å²) in [5.41, 5.74) is 3.61. The quantitative estimate of drug-likeness (QED) is 0.215. The second kappa shape index (κ2) is 8.97. The van der Waals surface area contributed by atoms with Crippen molar-refractivity contribution in [3.63, 3.8) is 0 Å². The Kier molecular flexibility index (Phi) is 5.82. The first kappa shape index (κ1) is 27.3. The molecule has 4 atom stereocenters. The number of rotatable bonds is 4. The van der Waals surface area contributed by atoms with Crippen molar-refractivity contribution >= 4 is 65.7 Å². The molecule has 42 heavy (non-hydrogen) atoms. The molecule has 4 N–H and O–H groups in total. The SMILES string of the molecule is COc1ccc2c(c1)c1c3c(c4c5ccccc5[nH]c4c1n2C1C[C@H](OS(C)(C)C(C)(C)C)[C@@H](O)C1O)C(=O)NC3=O. The fourth-order valence-corrected chi connectivity index (χ4v) is 7.65. The predicted molar refractivity (Wildman–Crippen MR) is 167 cm³/mol. The third kappa shape index (κ3) is 3.62. The molecule has 3 aromatic carbocycles. The van der Waals surface area contributed by atoms with Crippen molar-refractivity contribution < 1.29 is 28.7 Å². The summed E-state index contributed by atoms with van der Waals surface area (Å²) in [5, 5.41) is 28.3. The van der Waals surface area contributed by atoms with Crippen LogP contribution in [0, 0.1) is 0 Å². The zero-order valence-corrected chi connectivity index (χ0v) is 25.3. The number of H-pyrrole nitrogens is 1. The number of amides is 2. The first-order chi connectivity index (χ1) is 19.8. The van der Waals surface area contributed by atoms with Gasteiger partial charge in [0.25, 0.3) is 11.8 Å². The van der Waals surface area contributed by atoms with Crippen LogP contribution in [0.15, 0.2) is 42.5 Å². The van der Waals surface area contributed by atoms with Crippen LogP contribution >= 0.6 is 10.3 Å². The lowest BCUT2D eigenvalue weighted by atomic mass is 9.96. The molecule has 2 aromatic heterocycles. The van der Waals surface area contributed by atoms with Gasteiger partial charge in [0.05, 0.1) is 35.3 Å². The maximum atomic E-state index is 13.5. The highest BCUT2D eigenvalue weighted by molar-refractivity contribution is 8.29. The summed E-state index contributed by atoms with van der Waals surface area (Å²) < 4.78 is 14.1. The van der Waals surface area contributed by atoms with Gasteiger partial charge < -0.3 is 28.7 Å². The number of imide groups is 1. The molecule has 10 heteroatoms. The molecule has 0 bridgehead atoms. The van der Waals surface area contributed by atoms with Gasteiger partial charge in [-0.05, 0) is 36.8 Å². The van der Waals surface area contributed by atoms with Gasteiger partial charge in [0.15, 0.2) is 0 Å². The number of methoxy groups -OCH3 is 1. The molecule has 1 fully saturated rings. The number of ether oxygens (including phenoxy) is 1. The Hall–Kier alpha value is -3.57. The first-order valence-corrected chi connectivity index (χ1v) is 16.4. The van der Waals surface area contributed by atoms with E-state index in [1.807, 2.05) is 47.0 Å². The molecule has 2 unspecified atom stereocenters. The lowest BCUT2D eigenvalue weighted by Crippen LogP contribution is -2.36. The van der Waals surface area contributed by atoms with Crippen molar-refractivity contribution in [3.8, 4) is 5.75 Å². The Morgan fingerprint density at radius 3 is 2.33 bits per heavy atom. The minimum Gasteiger partial charge on any atom is -0.497 e. The van der Waals surface area contributed by atoms with Crippen LogP contribution in [0.2, 0.25) is 0 Å². The van der Waals surface area contributed by atoms with E-state index in [1.165, 1.54) is 0 Å². The number of para-hydroxylation sites is 1. The number of aromatic nitrogens is 2. The van der Waals surface area contributed by atoms with Crippen LogP contribution in [0.5, 0.6) is 5.75 Å². The molecule has 1 aliphatic heterocycles. The minimum absolute atomic E-state index is 0.129. The van der Waals surface area contributed by atoms with Gasteiger partial charge in [-0.15, -0.1) is 10.3 Å². The number of nitrogens with zero attached hydrogens (tertiary/aromatic N) is 1. The summed E-state index contributed by atoms with van der Waals surface area (Å²) in [6.45, 7) is 6.37. The zero-order chi connectivity index (χ0) is 29.9. The van der Waals surface area contributed by atoms with E-state index in [-0.39, 0.29) is 4.75 Å². The van der Waals surface area contributed by atoms with Gasteiger partial charge in [0, 0.05) is 43.7 Å². The van der Waals surface area contributed by atoms with Gasteiger partial charge in [0.1, 0.15) is 24.1 Å². The lowest BCUT2D eigenvalue weighted by Gasteiger charge is -2.45. The molecule has 1 aliphatic carbocycles. The van der Waals surface area contributed by atoms with Crippen LogP contribution in [0.4, 0.5) is 0 Å². The summed E-state index contributed by atoms with van der Waals surface area (Å²) in [4.78, 5) is 30.3. The number of benzene rings is 3. The molecule has 2 amide bonds. The van der Waals surface area contributed by atoms with Crippen molar-refractivity contribution in [3.05, 3.63) is 53.6 Å². The monoisotopic (exact) mass is 589 g/mol. The predicted octanol–water partition coefficient (Wildman–Crippen LogP) is 5.15. The van der Waals surface area contributed by atoms with E-state index in [0.717, 1.165) is 21.8 Å². The Morgan fingerprint density at radius 1 is 0.952 bits per heavy atom. The largest absolute Gasteiger partial charge is 0.497 e. The zero-order valence-electron chi connectivity index (χ0n) is 24.4. The Labute approximate surface area is 244 Å². The Balaban J connectivity index is 1.57. The summed E-state index contributed by atoms with van der Waals surface area (Å²) in [7, 11) is -0.0121. The van der Waals surface area contributed by atoms with E-state index in [1.54, 1.807) is 7.11 Å². The van der Waals surface area contributed by atoms with Gasteiger partial charge in [0.2, 0.25) is 0 Å². The highest BCUT2D eigenvalue weighted by Crippen LogP contribution is 2.57. The molecule has 0 saturated heterocycles. The fourth-order valence-electron chi connectivity index (χ4n) is 6.55. The minimum atomic E-state index is -1.59. The maximum absolute atomic E-state index is 13.5. The van der Waals surface area contributed by atoms with Gasteiger partial charge in [-0.3, -0.25) is 14.9 Å². The average Bonchev–Trinajstić information content (AvgIpc) is 3.63. The van der Waals surface area contributed by atoms with Gasteiger partial charge in [-0.2, -0.15) is 0 Å². The van der Waals surface area contributed by atoms with Gasteiger partial charge >= 0.3 is 0 Å². The second-order valence-electron chi connectivity index (χ2n) is 12.7. The number of hydrogen-bond acceptors (Lipinski definition) is 6. The van der Waals surface area contributed by atoms with Gasteiger partial charge in [-0.1, -0.05) is 39.0 Å². The van der Waals surface area contributed by atoms with E-state index in [0.29, 0.717) is 45.1 Å². The summed E-state index contributed by atoms with van der Waals surface area (Å²) >= 11 is 0. The molecule has 3 heterocycles. The Morgan fingerprint density at radius 2 is 1.64 bits per heavy atom. The van der Waals surface area contributed by atoms with E-state index < -0.39 is 46.5 Å². The number of aliphatic hydroxyl groups is 2. The van der Waals surface area contributed by atoms with E-state index in [4.69, 9.17) is 8.92 Å². The van der Waals surface area contributed by atoms with Gasteiger partial charge in [-0.25, -0.2) is 0 Å². The molecule has 9 nitrogen and oxygen atoms in total. The normalized spacial score (nSPS) is 23.4. The van der Waals surface area contributed by atoms with E-state index in [9.17, 15) is 19.8 Å². The van der Waals surface area contributed by atoms with Crippen molar-refractivity contribution in [2.75, 3.05) is 19.6 Å². The van der Waals surface area contributed by atoms with Crippen molar-refractivity contribution in [1.82, 2.24) is 14.9 Å². The maximum Gasteiger partial charge on any atom is 0.259 e. The van der Waals surface area contributed by atoms with Crippen molar-refractivity contribution in [1.29, 1.82) is 0 Å². The molecule has 220 valence electrons. The smallest absolute Gasteiger partial charge is 0.259 e. The number of fused-ring (bicyclic) bond motifs is 10. The summed E-state index contributed by atoms with van der Waals surface area (Å²) in [5.74, 6) is -0.300. The third-order valence-electron chi connectivity index (χ3n) is 9.35. The van der Waals surface area contributed by atoms with Crippen molar-refractivity contribution in [2.45, 2.75) is 56.3 Å². The van der Waals surface area contributed by atoms with Crippen LogP contribution in [-0.4, -0.2) is 74.3 Å². The summed E-state index contributed by atoms with van der Waals surface area (Å²) in [6.07, 6.45) is 1.71. The summed E-state index contributed by atoms with van der Waals surface area (Å²) in [6, 6.07) is 12.7. The molecular formula is C32H35N3O6S.